The number of halogens is 6. The van der Waals surface area contributed by atoms with Crippen LogP contribution in [0.3, 0.4) is 0 Å². The zero-order valence-corrected chi connectivity index (χ0v) is 15.7. The minimum atomic E-state index is -5.53. The minimum Gasteiger partial charge on any atom is -0.169 e. The molecule has 0 unspecified atom stereocenters. The quantitative estimate of drug-likeness (QED) is 0.383. The van der Waals surface area contributed by atoms with Crippen molar-refractivity contribution in [3.05, 3.63) is 58.2 Å². The lowest BCUT2D eigenvalue weighted by Gasteiger charge is -2.39. The Bertz CT molecular complexity index is 688. The SMILES string of the molecule is C/C(=C/C=C(\C)C(c1ccc(C)c(C)c1)(C(F)(F)F)C(F)(F)F)C(C)C. The summed E-state index contributed by atoms with van der Waals surface area (Å²) >= 11 is 0. The van der Waals surface area contributed by atoms with Crippen molar-refractivity contribution in [1.29, 1.82) is 0 Å². The molecule has 0 saturated carbocycles. The summed E-state index contributed by atoms with van der Waals surface area (Å²) in [4.78, 5) is 0. The van der Waals surface area contributed by atoms with E-state index in [2.05, 4.69) is 0 Å². The number of rotatable bonds is 4. The molecule has 0 radical (unpaired) electrons. The summed E-state index contributed by atoms with van der Waals surface area (Å²) in [7, 11) is 0. The molecule has 146 valence electrons. The van der Waals surface area contributed by atoms with Crippen LogP contribution in [0.1, 0.15) is 44.4 Å². The van der Waals surface area contributed by atoms with E-state index in [-0.39, 0.29) is 5.92 Å². The third-order valence-corrected chi connectivity index (χ3v) is 4.89. The smallest absolute Gasteiger partial charge is 0.169 e. The van der Waals surface area contributed by atoms with Crippen molar-refractivity contribution >= 4 is 0 Å². The molecule has 0 saturated heterocycles. The fourth-order valence-electron chi connectivity index (χ4n) is 2.71. The van der Waals surface area contributed by atoms with Crippen LogP contribution in [-0.4, -0.2) is 12.4 Å². The largest absolute Gasteiger partial charge is 0.410 e. The van der Waals surface area contributed by atoms with Gasteiger partial charge in [0.15, 0.2) is 0 Å². The van der Waals surface area contributed by atoms with Crippen molar-refractivity contribution in [2.45, 2.75) is 59.3 Å². The predicted molar refractivity (Wildman–Crippen MR) is 92.1 cm³/mol. The second-order valence-corrected chi connectivity index (χ2v) is 6.96. The first-order chi connectivity index (χ1) is 11.7. The maximum atomic E-state index is 13.9. The van der Waals surface area contributed by atoms with Gasteiger partial charge in [0.05, 0.1) is 0 Å². The maximum absolute atomic E-state index is 13.9. The first-order valence-corrected chi connectivity index (χ1v) is 8.23. The summed E-state index contributed by atoms with van der Waals surface area (Å²) in [5, 5.41) is 0. The molecule has 0 aromatic heterocycles. The van der Waals surface area contributed by atoms with Crippen LogP contribution in [0.15, 0.2) is 41.5 Å². The van der Waals surface area contributed by atoms with Gasteiger partial charge in [-0.3, -0.25) is 0 Å². The Hall–Kier alpha value is -1.72. The minimum absolute atomic E-state index is 0.0202. The van der Waals surface area contributed by atoms with Crippen LogP contribution in [0, 0.1) is 19.8 Å². The maximum Gasteiger partial charge on any atom is 0.410 e. The van der Waals surface area contributed by atoms with Crippen molar-refractivity contribution in [2.75, 3.05) is 0 Å². The standard InChI is InChI=1S/C20H24F6/c1-12(2)13(3)7-9-16(6)18(19(21,22)23,20(24,25)26)17-10-8-14(4)15(5)11-17/h7-12H,1-6H3/b13-7-,16-9+. The van der Waals surface area contributed by atoms with Gasteiger partial charge in [0, 0.05) is 0 Å². The number of benzene rings is 1. The molecule has 0 aliphatic rings. The van der Waals surface area contributed by atoms with Crippen molar-refractivity contribution < 1.29 is 26.3 Å². The summed E-state index contributed by atoms with van der Waals surface area (Å²) in [5.41, 5.74) is -3.97. The van der Waals surface area contributed by atoms with Crippen molar-refractivity contribution in [1.82, 2.24) is 0 Å². The molecular formula is C20H24F6. The first kappa shape index (κ1) is 22.3. The van der Waals surface area contributed by atoms with Gasteiger partial charge in [-0.25, -0.2) is 0 Å². The van der Waals surface area contributed by atoms with Crippen LogP contribution in [0.4, 0.5) is 26.3 Å². The van der Waals surface area contributed by atoms with E-state index >= 15 is 0 Å². The molecule has 1 aromatic rings. The van der Waals surface area contributed by atoms with E-state index in [9.17, 15) is 26.3 Å². The Morgan fingerprint density at radius 3 is 1.73 bits per heavy atom. The highest BCUT2D eigenvalue weighted by Crippen LogP contribution is 2.56. The van der Waals surface area contributed by atoms with Gasteiger partial charge in [0.25, 0.3) is 0 Å². The lowest BCUT2D eigenvalue weighted by Crippen LogP contribution is -2.54. The zero-order chi connectivity index (χ0) is 20.5. The van der Waals surface area contributed by atoms with Crippen LogP contribution in [0.25, 0.3) is 0 Å². The van der Waals surface area contributed by atoms with Gasteiger partial charge in [-0.15, -0.1) is 0 Å². The van der Waals surface area contributed by atoms with Crippen LogP contribution in [-0.2, 0) is 5.41 Å². The highest BCUT2D eigenvalue weighted by molar-refractivity contribution is 5.45. The topological polar surface area (TPSA) is 0 Å². The molecule has 0 heterocycles. The number of allylic oxidation sites excluding steroid dienone is 4. The van der Waals surface area contributed by atoms with Crippen molar-refractivity contribution in [2.24, 2.45) is 5.92 Å². The van der Waals surface area contributed by atoms with Gasteiger partial charge in [0.2, 0.25) is 5.41 Å². The molecular weight excluding hydrogens is 354 g/mol. The van der Waals surface area contributed by atoms with Crippen LogP contribution < -0.4 is 0 Å². The van der Waals surface area contributed by atoms with Gasteiger partial charge in [0.1, 0.15) is 0 Å². The molecule has 0 atom stereocenters. The highest BCUT2D eigenvalue weighted by Gasteiger charge is 2.72. The Morgan fingerprint density at radius 2 is 1.35 bits per heavy atom. The van der Waals surface area contributed by atoms with Gasteiger partial charge in [-0.05, 0) is 55.9 Å². The van der Waals surface area contributed by atoms with E-state index in [0.29, 0.717) is 16.7 Å². The third-order valence-electron chi connectivity index (χ3n) is 4.89. The number of alkyl halides is 6. The molecule has 0 bridgehead atoms. The van der Waals surface area contributed by atoms with E-state index in [1.54, 1.807) is 13.8 Å². The zero-order valence-electron chi connectivity index (χ0n) is 15.7. The van der Waals surface area contributed by atoms with Crippen LogP contribution >= 0.6 is 0 Å². The second-order valence-electron chi connectivity index (χ2n) is 6.96. The van der Waals surface area contributed by atoms with E-state index in [1.165, 1.54) is 19.1 Å². The Kier molecular flexibility index (Phi) is 6.43. The summed E-state index contributed by atoms with van der Waals surface area (Å²) < 4.78 is 83.6. The lowest BCUT2D eigenvalue weighted by molar-refractivity contribution is -0.289. The molecule has 0 amide bonds. The fourth-order valence-corrected chi connectivity index (χ4v) is 2.71. The normalized spacial score (nSPS) is 15.0. The Labute approximate surface area is 150 Å². The molecule has 0 spiro atoms. The average Bonchev–Trinajstić information content (AvgIpc) is 2.45. The average molecular weight is 378 g/mol. The summed E-state index contributed by atoms with van der Waals surface area (Å²) in [6.45, 7) is 9.34. The predicted octanol–water partition coefficient (Wildman–Crippen LogP) is 7.21. The molecule has 0 fully saturated rings. The van der Waals surface area contributed by atoms with Crippen molar-refractivity contribution in [3.8, 4) is 0 Å². The summed E-state index contributed by atoms with van der Waals surface area (Å²) in [6, 6.07) is 3.19. The highest BCUT2D eigenvalue weighted by atomic mass is 19.4. The molecule has 6 heteroatoms. The van der Waals surface area contributed by atoms with Gasteiger partial charge in [-0.1, -0.05) is 49.8 Å². The Balaban J connectivity index is 3.85. The number of hydrogen-bond acceptors (Lipinski definition) is 0. The summed E-state index contributed by atoms with van der Waals surface area (Å²) in [6.07, 6.45) is -8.81. The van der Waals surface area contributed by atoms with E-state index in [0.717, 1.165) is 25.1 Å². The van der Waals surface area contributed by atoms with Crippen LogP contribution in [0.5, 0.6) is 0 Å². The van der Waals surface area contributed by atoms with Gasteiger partial charge < -0.3 is 0 Å². The molecule has 1 rings (SSSR count). The summed E-state index contributed by atoms with van der Waals surface area (Å²) in [5.74, 6) is 0.0202. The first-order valence-electron chi connectivity index (χ1n) is 8.23. The van der Waals surface area contributed by atoms with E-state index in [1.807, 2.05) is 13.8 Å². The molecule has 1 aromatic carbocycles. The molecule has 0 nitrogen and oxygen atoms in total. The Morgan fingerprint density at radius 1 is 0.846 bits per heavy atom. The van der Waals surface area contributed by atoms with E-state index < -0.39 is 28.9 Å². The van der Waals surface area contributed by atoms with Gasteiger partial charge >= 0.3 is 12.4 Å². The fraction of sp³-hybridized carbons (Fsp3) is 0.500. The lowest BCUT2D eigenvalue weighted by atomic mass is 9.72. The molecule has 0 N–H and O–H groups in total. The molecule has 0 aliphatic carbocycles. The van der Waals surface area contributed by atoms with Crippen LogP contribution in [0.2, 0.25) is 0 Å². The van der Waals surface area contributed by atoms with Gasteiger partial charge in [-0.2, -0.15) is 26.3 Å². The number of aryl methyl sites for hydroxylation is 2. The van der Waals surface area contributed by atoms with E-state index in [4.69, 9.17) is 0 Å². The van der Waals surface area contributed by atoms with Crippen molar-refractivity contribution in [3.63, 3.8) is 0 Å². The molecule has 26 heavy (non-hydrogen) atoms. The monoisotopic (exact) mass is 378 g/mol. The second kappa shape index (κ2) is 7.49. The third kappa shape index (κ3) is 3.99. The molecule has 0 aliphatic heterocycles. The number of hydrogen-bond donors (Lipinski definition) is 0.